The van der Waals surface area contributed by atoms with E-state index in [2.05, 4.69) is 128 Å². The zero-order valence-corrected chi connectivity index (χ0v) is 78.4. The summed E-state index contributed by atoms with van der Waals surface area (Å²) in [4.78, 5) is 68.4. The molecule has 4 bridgehead atoms. The molecule has 0 spiro atoms. The fourth-order valence-electron chi connectivity index (χ4n) is 14.4. The largest absolute Gasteiger partial charge is 0.743 e. The first-order valence-electron chi connectivity index (χ1n) is 42.0. The van der Waals surface area contributed by atoms with Gasteiger partial charge in [-0.05, 0) is 128 Å². The first kappa shape index (κ1) is 121. The van der Waals surface area contributed by atoms with Crippen LogP contribution < -0.4 is 0 Å². The Morgan fingerprint density at radius 3 is 0.956 bits per heavy atom. The Kier molecular flexibility index (Phi) is 43.7. The van der Waals surface area contributed by atoms with Gasteiger partial charge in [-0.15, -0.1) is 0 Å². The number of alkyl halides is 16. The molecule has 0 amide bonds. The first-order chi connectivity index (χ1) is 61.7. The number of ether oxygens (including phenoxy) is 8. The van der Waals surface area contributed by atoms with Crippen LogP contribution in [0.1, 0.15) is 179 Å². The average Bonchev–Trinajstić information content (AvgIpc) is 1.53. The summed E-state index contributed by atoms with van der Waals surface area (Å²) >= 11 is 0. The van der Waals surface area contributed by atoms with Crippen LogP contribution in [0.25, 0.3) is 32.3 Å². The minimum Gasteiger partial charge on any atom is -0.743 e. The summed E-state index contributed by atoms with van der Waals surface area (Å²) in [6.45, 7) is 14.1. The summed E-state index contributed by atoms with van der Waals surface area (Å²) in [5.41, 5.74) is -3.13. The van der Waals surface area contributed by atoms with Crippen LogP contribution in [0.2, 0.25) is 0 Å². The van der Waals surface area contributed by atoms with Crippen molar-refractivity contribution in [1.29, 1.82) is 0 Å². The van der Waals surface area contributed by atoms with Crippen LogP contribution in [0, 0.1) is 35.5 Å². The van der Waals surface area contributed by atoms with E-state index in [1.54, 1.807) is 27.7 Å². The molecule has 135 heavy (non-hydrogen) atoms. The van der Waals surface area contributed by atoms with Crippen molar-refractivity contribution < 1.29 is 209 Å². The van der Waals surface area contributed by atoms with Crippen molar-refractivity contribution in [2.75, 3.05) is 39.6 Å². The Labute approximate surface area is 769 Å². The Hall–Kier alpha value is -8.02. The SMILES string of the molecule is CC(=O)OCCC(F)(F)C(F)(F)S(=O)(=O)[O-].CC(=O)OCCC(F)(F)C(F)(F)S(=O)(=O)[O-].CCC(C)(O)CC.CCC(C)(O)CC.CCC(O)(CC)C1C2CC3C(OC(=O)C31)C2OCC(=O)OCCC(F)(F)C(F)(F)S(=O)(=O)[O-].CCC(O)(CC)C1CC(OCC(=O)OCCC(F)(F)C(F)(F)S(=O)(=O)[O-])C2CC1C(=O)O2.c1ccc2cc3ccccc3cc2c1.c1ccc2ccccc2c1. The van der Waals surface area contributed by atoms with E-state index >= 15 is 0 Å². The van der Waals surface area contributed by atoms with E-state index in [4.69, 9.17) is 29.2 Å². The van der Waals surface area contributed by atoms with Crippen molar-refractivity contribution in [3.05, 3.63) is 109 Å². The molecule has 10 atom stereocenters. The van der Waals surface area contributed by atoms with Gasteiger partial charge in [0.25, 0.3) is 0 Å². The van der Waals surface area contributed by atoms with Gasteiger partial charge >= 0.3 is 80.5 Å². The van der Waals surface area contributed by atoms with Crippen molar-refractivity contribution in [2.24, 2.45) is 35.5 Å². The standard InChI is InChI=1S/C19H26F4O9S.C18H26F4O9S.C14H10.C10H8.2C6H8F4O5S.2C6H14O/c1-3-17(26,4-2)13-10-7-9-12(13)16(25)32-15(9)14(10)31-8-11(24)30-6-5-18(20,21)19(22,23)33(27,28)29;1-3-16(25,4-2)11-8-12(13-7-10(11)15(24)31-13)30-9-14(23)29-6-5-17(19,20)18(21,22)32(26,27)28;1-2-6-12-10-14-8-4-3-7-13(14)9-11(12)5-1;1-2-6-10-8-4-3-7-9(10)5-1;2*1-4(11)15-3-2-5(7,8)6(9,10)16(12,13)14;2*1-4-6(3,7)5-2/h9-10,12-15,26H,3-8H2,1-2H3,(H,27,28,29);10-13,25H,3-9H2,1-2H3,(H,26,27,28);1-10H;1-8H;2*2-3H2,1H3,(H,12,13,14);2*7H,4-5H2,1-3H3/p-4. The van der Waals surface area contributed by atoms with Gasteiger partial charge in [-0.1, -0.05) is 152 Å². The molecule has 2 aliphatic heterocycles. The number of hydrogen-bond donors (Lipinski definition) is 4. The lowest BCUT2D eigenvalue weighted by Crippen LogP contribution is -2.50. The molecule has 30 nitrogen and oxygen atoms in total. The minimum absolute atomic E-state index is 0.187. The molecule has 50 heteroatoms. The summed E-state index contributed by atoms with van der Waals surface area (Å²) in [7, 11) is -26.2. The Morgan fingerprint density at radius 1 is 0.393 bits per heavy atom. The fourth-order valence-corrected chi connectivity index (χ4v) is 16.3. The van der Waals surface area contributed by atoms with Crippen LogP contribution in [0.5, 0.6) is 0 Å². The summed E-state index contributed by atoms with van der Waals surface area (Å²) < 4.78 is 366. The van der Waals surface area contributed by atoms with E-state index < -0.39 is 257 Å². The second kappa shape index (κ2) is 48.7. The fraction of sp³-hybridized carbons (Fsp3) is 0.647. The quantitative estimate of drug-likeness (QED) is 0.00951. The van der Waals surface area contributed by atoms with Crippen LogP contribution >= 0.6 is 0 Å². The molecular weight excluding hydrogens is 1930 g/mol. The highest BCUT2D eigenvalue weighted by Gasteiger charge is 2.71. The molecule has 770 valence electrons. The van der Waals surface area contributed by atoms with Gasteiger partial charge in [0.1, 0.15) is 25.4 Å². The third kappa shape index (κ3) is 32.0. The molecule has 2 saturated heterocycles. The maximum Gasteiger partial charge on any atom is 0.396 e. The van der Waals surface area contributed by atoms with Crippen molar-refractivity contribution in [3.8, 4) is 0 Å². The number of esters is 6. The lowest BCUT2D eigenvalue weighted by atomic mass is 9.67. The van der Waals surface area contributed by atoms with E-state index in [-0.39, 0.29) is 24.7 Å². The summed E-state index contributed by atoms with van der Waals surface area (Å²) in [5.74, 6) is -28.4. The third-order valence-corrected chi connectivity index (χ3v) is 27.3. The van der Waals surface area contributed by atoms with Crippen LogP contribution in [-0.2, 0) is 107 Å². The zero-order valence-electron chi connectivity index (χ0n) is 75.1. The monoisotopic (exact) mass is 2040 g/mol. The molecule has 5 aromatic rings. The lowest BCUT2D eigenvalue weighted by Gasteiger charge is -2.41. The van der Waals surface area contributed by atoms with Gasteiger partial charge in [-0.2, -0.15) is 70.2 Å². The number of benzene rings is 5. The first-order valence-corrected chi connectivity index (χ1v) is 47.6. The molecule has 5 aliphatic rings. The maximum atomic E-state index is 13.4. The van der Waals surface area contributed by atoms with Crippen LogP contribution in [0.15, 0.2) is 109 Å². The molecule has 4 N–H and O–H groups in total. The summed E-state index contributed by atoms with van der Waals surface area (Å²) in [5, 5.41) is 24.8. The average molecular weight is 2040 g/mol. The van der Waals surface area contributed by atoms with Crippen LogP contribution in [0.3, 0.4) is 0 Å². The maximum absolute atomic E-state index is 13.4. The van der Waals surface area contributed by atoms with Crippen molar-refractivity contribution in [3.63, 3.8) is 0 Å². The number of hydrogen-bond acceptors (Lipinski definition) is 30. The van der Waals surface area contributed by atoms with E-state index in [9.17, 15) is 161 Å². The molecule has 10 rings (SSSR count). The van der Waals surface area contributed by atoms with E-state index in [0.29, 0.717) is 32.1 Å². The Balaban J connectivity index is 0.000000421. The van der Waals surface area contributed by atoms with Crippen molar-refractivity contribution in [1.82, 2.24) is 0 Å². The molecule has 5 aromatic carbocycles. The van der Waals surface area contributed by atoms with Gasteiger partial charge in [-0.3, -0.25) is 19.2 Å². The van der Waals surface area contributed by atoms with Gasteiger partial charge < -0.3 is 76.5 Å². The van der Waals surface area contributed by atoms with Gasteiger partial charge in [0.15, 0.2) is 40.5 Å². The molecule has 3 saturated carbocycles. The number of carbonyl (C=O) groups is 6. The minimum atomic E-state index is -6.63. The Morgan fingerprint density at radius 2 is 0.681 bits per heavy atom. The molecule has 0 aromatic heterocycles. The molecule has 0 radical (unpaired) electrons. The summed E-state index contributed by atoms with van der Waals surface area (Å²) in [6.07, 6.45) is -4.21. The number of halogens is 16. The third-order valence-electron chi connectivity index (χ3n) is 23.6. The second-order valence-corrected chi connectivity index (χ2v) is 38.2. The van der Waals surface area contributed by atoms with E-state index in [1.165, 1.54) is 32.3 Å². The number of fused-ring (bicyclic) bond motifs is 6. The molecule has 3 aliphatic carbocycles. The highest BCUT2D eigenvalue weighted by atomic mass is 32.2. The van der Waals surface area contributed by atoms with Gasteiger partial charge in [0.05, 0.1) is 98.6 Å². The van der Waals surface area contributed by atoms with Crippen LogP contribution in [0.4, 0.5) is 70.2 Å². The second-order valence-electron chi connectivity index (χ2n) is 32.5. The van der Waals surface area contributed by atoms with Gasteiger partial charge in [0, 0.05) is 38.0 Å². The molecule has 5 fully saturated rings. The number of aliphatic hydroxyl groups is 4. The predicted octanol–water partition coefficient (Wildman–Crippen LogP) is 14.4. The van der Waals surface area contributed by atoms with Crippen molar-refractivity contribution in [2.45, 2.75) is 271 Å². The smallest absolute Gasteiger partial charge is 0.396 e. The van der Waals surface area contributed by atoms with Gasteiger partial charge in [-0.25, -0.2) is 43.3 Å². The Bertz CT molecular complexity index is 4950. The highest BCUT2D eigenvalue weighted by Crippen LogP contribution is 2.62. The summed E-state index contributed by atoms with van der Waals surface area (Å²) in [6, 6.07) is 38.1. The topological polar surface area (TPSA) is 486 Å². The molecule has 2 heterocycles. The molecular formula is C85H110F16O30S4-4. The van der Waals surface area contributed by atoms with E-state index in [0.717, 1.165) is 39.5 Å². The predicted molar refractivity (Wildman–Crippen MR) is 445 cm³/mol. The number of rotatable bonds is 36. The zero-order chi connectivity index (χ0) is 104. The number of carbonyl (C=O) groups excluding carboxylic acids is 6. The van der Waals surface area contributed by atoms with Crippen LogP contribution in [-0.4, -0.2) is 239 Å². The normalized spacial score (nSPS) is 20.4. The van der Waals surface area contributed by atoms with Crippen molar-refractivity contribution >= 4 is 109 Å². The lowest BCUT2D eigenvalue weighted by molar-refractivity contribution is -0.179. The highest BCUT2D eigenvalue weighted by molar-refractivity contribution is 7.87. The van der Waals surface area contributed by atoms with E-state index in [1.807, 2.05) is 41.5 Å². The molecule has 10 unspecified atom stereocenters. The van der Waals surface area contributed by atoms with Gasteiger partial charge in [0.2, 0.25) is 0 Å².